The molecule has 2 heterocycles. The summed E-state index contributed by atoms with van der Waals surface area (Å²) in [5.74, 6) is 0. The Balaban J connectivity index is 2.26. The number of pyridine rings is 1. The standard InChI is InChI=1S/C19H26N4O5P2/c1-5-25-29(26-6-2)18(30(24,27-7-3)28-8-4)14-16-13-15-11-9-10-12-17(15)23-19(16)20-21-22-23/h9-14H,5-8H2,1-4H3/b18-14-. The number of rotatable bonds is 11. The summed E-state index contributed by atoms with van der Waals surface area (Å²) in [5, 5.41) is 13.4. The van der Waals surface area contributed by atoms with Gasteiger partial charge in [-0.2, -0.15) is 4.52 Å². The maximum atomic E-state index is 13.7. The number of hydrogen-bond acceptors (Lipinski definition) is 8. The molecule has 0 aliphatic rings. The number of hydrogen-bond donors (Lipinski definition) is 0. The second kappa shape index (κ2) is 10.5. The summed E-state index contributed by atoms with van der Waals surface area (Å²) in [7, 11) is -5.34. The maximum absolute atomic E-state index is 13.7. The Morgan fingerprint density at radius 1 is 1.07 bits per heavy atom. The lowest BCUT2D eigenvalue weighted by molar-refractivity contribution is 0.225. The fourth-order valence-electron chi connectivity index (χ4n) is 2.95. The summed E-state index contributed by atoms with van der Waals surface area (Å²) < 4.78 is 38.3. The second-order valence-electron chi connectivity index (χ2n) is 6.00. The van der Waals surface area contributed by atoms with Gasteiger partial charge >= 0.3 is 7.60 Å². The number of nitrogens with zero attached hydrogens (tertiary/aromatic N) is 4. The van der Waals surface area contributed by atoms with Crippen LogP contribution >= 0.6 is 16.0 Å². The summed E-state index contributed by atoms with van der Waals surface area (Å²) in [5.41, 5.74) is 2.06. The van der Waals surface area contributed by atoms with Gasteiger partial charge in [0.15, 0.2) is 5.65 Å². The minimum atomic E-state index is -3.67. The average Bonchev–Trinajstić information content (AvgIpc) is 3.22. The molecule has 9 nitrogen and oxygen atoms in total. The molecule has 0 spiro atoms. The zero-order chi connectivity index (χ0) is 21.6. The van der Waals surface area contributed by atoms with E-state index in [2.05, 4.69) is 15.5 Å². The Kier molecular flexibility index (Phi) is 8.06. The van der Waals surface area contributed by atoms with Gasteiger partial charge in [0.2, 0.25) is 8.38 Å². The van der Waals surface area contributed by atoms with Crippen molar-refractivity contribution in [1.82, 2.24) is 20.0 Å². The van der Waals surface area contributed by atoms with Gasteiger partial charge in [-0.3, -0.25) is 4.57 Å². The molecule has 11 heteroatoms. The SMILES string of the molecule is CCOP(OCC)/C(=C/c1cc2ccccc2n2nnnc12)P(=O)(OCC)OCC. The van der Waals surface area contributed by atoms with Crippen LogP contribution in [0.1, 0.15) is 33.3 Å². The molecule has 3 rings (SSSR count). The van der Waals surface area contributed by atoms with Gasteiger partial charge in [0.25, 0.3) is 0 Å². The van der Waals surface area contributed by atoms with Crippen LogP contribution in [0, 0.1) is 0 Å². The van der Waals surface area contributed by atoms with Gasteiger partial charge in [-0.1, -0.05) is 18.2 Å². The van der Waals surface area contributed by atoms with E-state index in [9.17, 15) is 4.57 Å². The first kappa shape index (κ1) is 22.9. The Bertz CT molecular complexity index is 1060. The molecule has 2 aromatic heterocycles. The molecule has 0 fully saturated rings. The van der Waals surface area contributed by atoms with Crippen molar-refractivity contribution in [2.75, 3.05) is 26.4 Å². The van der Waals surface area contributed by atoms with Crippen molar-refractivity contribution >= 4 is 38.6 Å². The van der Waals surface area contributed by atoms with Crippen LogP contribution in [0.2, 0.25) is 0 Å². The molecular weight excluding hydrogens is 426 g/mol. The van der Waals surface area contributed by atoms with Crippen molar-refractivity contribution in [3.05, 3.63) is 41.0 Å². The van der Waals surface area contributed by atoms with Gasteiger partial charge in [0, 0.05) is 10.9 Å². The number of aromatic nitrogens is 4. The highest BCUT2D eigenvalue weighted by molar-refractivity contribution is 7.76. The van der Waals surface area contributed by atoms with Crippen LogP contribution in [0.15, 0.2) is 35.4 Å². The molecular formula is C19H26N4O5P2. The number of para-hydroxylation sites is 1. The topological polar surface area (TPSA) is 97.1 Å². The minimum absolute atomic E-state index is 0.218. The van der Waals surface area contributed by atoms with E-state index in [4.69, 9.17) is 18.1 Å². The van der Waals surface area contributed by atoms with Gasteiger partial charge in [-0.25, -0.2) is 0 Å². The van der Waals surface area contributed by atoms with Gasteiger partial charge in [0.05, 0.1) is 31.9 Å². The molecule has 0 bridgehead atoms. The van der Waals surface area contributed by atoms with Crippen molar-refractivity contribution in [1.29, 1.82) is 0 Å². The summed E-state index contributed by atoms with van der Waals surface area (Å²) in [6.45, 7) is 8.46. The van der Waals surface area contributed by atoms with Crippen LogP contribution in [0.3, 0.4) is 0 Å². The van der Waals surface area contributed by atoms with E-state index >= 15 is 0 Å². The minimum Gasteiger partial charge on any atom is -0.331 e. The zero-order valence-electron chi connectivity index (χ0n) is 17.5. The first-order chi connectivity index (χ1) is 14.6. The van der Waals surface area contributed by atoms with Crippen LogP contribution in [0.25, 0.3) is 22.6 Å². The van der Waals surface area contributed by atoms with Crippen LogP contribution in [-0.2, 0) is 22.7 Å². The molecule has 0 N–H and O–H groups in total. The van der Waals surface area contributed by atoms with E-state index in [1.54, 1.807) is 24.4 Å². The van der Waals surface area contributed by atoms with Gasteiger partial charge in [0.1, 0.15) is 5.06 Å². The predicted octanol–water partition coefficient (Wildman–Crippen LogP) is 5.23. The zero-order valence-corrected chi connectivity index (χ0v) is 19.3. The van der Waals surface area contributed by atoms with E-state index in [1.165, 1.54) is 0 Å². The van der Waals surface area contributed by atoms with Crippen LogP contribution in [0.4, 0.5) is 0 Å². The van der Waals surface area contributed by atoms with Crippen molar-refractivity contribution in [3.8, 4) is 0 Å². The molecule has 0 saturated heterocycles. The van der Waals surface area contributed by atoms with Crippen molar-refractivity contribution in [2.45, 2.75) is 27.7 Å². The molecule has 0 saturated carbocycles. The summed E-state index contributed by atoms with van der Waals surface area (Å²) in [4.78, 5) is 0. The number of fused-ring (bicyclic) bond motifs is 3. The molecule has 0 radical (unpaired) electrons. The van der Waals surface area contributed by atoms with E-state index in [0.29, 0.717) is 29.5 Å². The third kappa shape index (κ3) is 4.78. The first-order valence-corrected chi connectivity index (χ1v) is 12.6. The molecule has 3 aromatic rings. The highest BCUT2D eigenvalue weighted by Gasteiger charge is 2.38. The molecule has 30 heavy (non-hydrogen) atoms. The Labute approximate surface area is 176 Å². The largest absolute Gasteiger partial charge is 0.366 e. The third-order valence-corrected chi connectivity index (χ3v) is 8.65. The summed E-state index contributed by atoms with van der Waals surface area (Å²) >= 11 is 0. The third-order valence-electron chi connectivity index (χ3n) is 4.05. The molecule has 0 unspecified atom stereocenters. The van der Waals surface area contributed by atoms with E-state index in [-0.39, 0.29) is 13.2 Å². The quantitative estimate of drug-likeness (QED) is 0.365. The average molecular weight is 452 g/mol. The maximum Gasteiger partial charge on any atom is 0.366 e. The fourth-order valence-corrected chi connectivity index (χ4v) is 6.82. The summed E-state index contributed by atoms with van der Waals surface area (Å²) in [6, 6.07) is 9.70. The van der Waals surface area contributed by atoms with Gasteiger partial charge < -0.3 is 18.1 Å². The Morgan fingerprint density at radius 2 is 1.73 bits per heavy atom. The smallest absolute Gasteiger partial charge is 0.331 e. The molecule has 0 aliphatic heterocycles. The van der Waals surface area contributed by atoms with E-state index in [1.807, 2.05) is 44.2 Å². The molecule has 162 valence electrons. The molecule has 0 aliphatic carbocycles. The van der Waals surface area contributed by atoms with Crippen LogP contribution < -0.4 is 0 Å². The normalized spacial score (nSPS) is 13.0. The van der Waals surface area contributed by atoms with Gasteiger partial charge in [-0.15, -0.1) is 5.10 Å². The highest BCUT2D eigenvalue weighted by Crippen LogP contribution is 2.70. The van der Waals surface area contributed by atoms with Crippen LogP contribution in [-0.4, -0.2) is 46.5 Å². The van der Waals surface area contributed by atoms with Crippen LogP contribution in [0.5, 0.6) is 0 Å². The van der Waals surface area contributed by atoms with E-state index < -0.39 is 16.0 Å². The van der Waals surface area contributed by atoms with Crippen molar-refractivity contribution in [3.63, 3.8) is 0 Å². The van der Waals surface area contributed by atoms with Crippen molar-refractivity contribution < 1.29 is 22.7 Å². The molecule has 1 aromatic carbocycles. The lowest BCUT2D eigenvalue weighted by Crippen LogP contribution is -2.02. The second-order valence-corrected chi connectivity index (χ2v) is 9.86. The van der Waals surface area contributed by atoms with Gasteiger partial charge in [-0.05, 0) is 56.3 Å². The first-order valence-electron chi connectivity index (χ1n) is 9.85. The number of benzene rings is 1. The van der Waals surface area contributed by atoms with Crippen molar-refractivity contribution in [2.24, 2.45) is 0 Å². The lowest BCUT2D eigenvalue weighted by Gasteiger charge is -2.25. The molecule has 0 amide bonds. The summed E-state index contributed by atoms with van der Waals surface area (Å²) in [6.07, 6.45) is 1.72. The van der Waals surface area contributed by atoms with E-state index in [0.717, 1.165) is 10.9 Å². The molecule has 0 atom stereocenters. The monoisotopic (exact) mass is 452 g/mol. The Hall–Kier alpha value is -1.73. The predicted molar refractivity (Wildman–Crippen MR) is 117 cm³/mol. The lowest BCUT2D eigenvalue weighted by atomic mass is 10.1. The Morgan fingerprint density at radius 3 is 2.37 bits per heavy atom. The number of tetrazole rings is 1. The highest BCUT2D eigenvalue weighted by atomic mass is 31.2. The fraction of sp³-hybridized carbons (Fsp3) is 0.421.